The monoisotopic (exact) mass is 114 g/mol. The molecule has 5 heteroatoms. The van der Waals surface area contributed by atoms with E-state index in [9.17, 15) is 0 Å². The first-order valence-corrected chi connectivity index (χ1v) is 1.32. The molecule has 42 valence electrons. The fourth-order valence-corrected chi connectivity index (χ4v) is 0. The summed E-state index contributed by atoms with van der Waals surface area (Å²) in [5, 5.41) is 0. The van der Waals surface area contributed by atoms with Gasteiger partial charge in [0.2, 0.25) is 0 Å². The molecule has 0 aromatic carbocycles. The van der Waals surface area contributed by atoms with E-state index in [0.717, 1.165) is 0 Å². The van der Waals surface area contributed by atoms with Crippen LogP contribution in [0.1, 0.15) is 0 Å². The molecule has 4 N–H and O–H groups in total. The van der Waals surface area contributed by atoms with E-state index >= 15 is 0 Å². The molecule has 0 radical (unpaired) electrons. The summed E-state index contributed by atoms with van der Waals surface area (Å²) >= 11 is 0. The Morgan fingerprint density at radius 3 is 1.00 bits per heavy atom. The molecule has 0 rings (SSSR count). The summed E-state index contributed by atoms with van der Waals surface area (Å²) in [5.74, 6) is 0. The van der Waals surface area contributed by atoms with Crippen molar-refractivity contribution in [2.45, 2.75) is 0 Å². The van der Waals surface area contributed by atoms with E-state index in [1.165, 1.54) is 0 Å². The van der Waals surface area contributed by atoms with E-state index in [-0.39, 0.29) is 39.9 Å². The van der Waals surface area contributed by atoms with Gasteiger partial charge in [-0.1, -0.05) is 16.8 Å². The van der Waals surface area contributed by atoms with Gasteiger partial charge in [-0.2, -0.15) is 0 Å². The third-order valence-corrected chi connectivity index (χ3v) is 0.167. The van der Waals surface area contributed by atoms with Crippen LogP contribution in [0.5, 0.6) is 0 Å². The van der Waals surface area contributed by atoms with E-state index in [4.69, 9.17) is 11.5 Å². The van der Waals surface area contributed by atoms with Gasteiger partial charge in [-0.15, -0.1) is 0 Å². The molecule has 0 unspecified atom stereocenters. The summed E-state index contributed by atoms with van der Waals surface area (Å²) in [6.07, 6.45) is 0. The Bertz CT molecular complexity index is 15.7. The van der Waals surface area contributed by atoms with Crippen molar-refractivity contribution in [2.24, 2.45) is 11.5 Å². The molecule has 0 spiro atoms. The molecule has 0 saturated heterocycles. The number of rotatable bonds is 1. The fourth-order valence-electron chi connectivity index (χ4n) is 0. The third kappa shape index (κ3) is 47.9. The van der Waals surface area contributed by atoms with Gasteiger partial charge >= 0.3 is 23.1 Å². The summed E-state index contributed by atoms with van der Waals surface area (Å²) in [5.41, 5.74) is 9.81. The SMILES string of the molecule is NCCN.[BH4-].[BH4-].[Mg+2]. The van der Waals surface area contributed by atoms with Crippen LogP contribution in [0.2, 0.25) is 0 Å². The van der Waals surface area contributed by atoms with Crippen molar-refractivity contribution < 1.29 is 0 Å². The third-order valence-electron chi connectivity index (χ3n) is 0.167. The van der Waals surface area contributed by atoms with E-state index in [0.29, 0.717) is 13.1 Å². The summed E-state index contributed by atoms with van der Waals surface area (Å²) in [4.78, 5) is 0. The standard InChI is InChI=1S/C2H8N2.2BH4.Mg/c3-1-2-4;;;/h1-4H2;2*1H4;/q;2*-1;+2. The Kier molecular flexibility index (Phi) is 104. The van der Waals surface area contributed by atoms with Crippen molar-refractivity contribution in [3.63, 3.8) is 0 Å². The molecule has 0 aromatic heterocycles. The predicted molar refractivity (Wildman–Crippen MR) is 46.5 cm³/mol. The second-order valence-electron chi connectivity index (χ2n) is 0.577. The molecule has 2 nitrogen and oxygen atoms in total. The Hall–Kier alpha value is 0.816. The molecule has 0 fully saturated rings. The van der Waals surface area contributed by atoms with Crippen LogP contribution in [0.3, 0.4) is 0 Å². The largest absolute Gasteiger partial charge is 2.00 e. The van der Waals surface area contributed by atoms with E-state index in [1.807, 2.05) is 0 Å². The Labute approximate surface area is 64.7 Å². The molecule has 0 aliphatic rings. The molecule has 0 bridgehead atoms. The maximum atomic E-state index is 4.90. The van der Waals surface area contributed by atoms with Crippen molar-refractivity contribution in [1.29, 1.82) is 0 Å². The second-order valence-corrected chi connectivity index (χ2v) is 0.577. The first-order chi connectivity index (χ1) is 1.91. The summed E-state index contributed by atoms with van der Waals surface area (Å²) in [7, 11) is 0. The molecule has 0 aromatic rings. The molecular formula is C2H16B2MgN2. The smallest absolute Gasteiger partial charge is 0.329 e. The second kappa shape index (κ2) is 29.1. The van der Waals surface area contributed by atoms with E-state index in [1.54, 1.807) is 0 Å². The van der Waals surface area contributed by atoms with Crippen molar-refractivity contribution >= 4 is 39.9 Å². The quantitative estimate of drug-likeness (QED) is 0.338. The van der Waals surface area contributed by atoms with E-state index < -0.39 is 0 Å². The molecule has 0 atom stereocenters. The van der Waals surface area contributed by atoms with Crippen LogP contribution in [0, 0.1) is 0 Å². The van der Waals surface area contributed by atoms with Crippen LogP contribution >= 0.6 is 0 Å². The number of hydrogen-bond acceptors (Lipinski definition) is 2. The molecule has 7 heavy (non-hydrogen) atoms. The van der Waals surface area contributed by atoms with Crippen LogP contribution in [0.25, 0.3) is 0 Å². The maximum Gasteiger partial charge on any atom is 2.00 e. The average Bonchev–Trinajstić information content (AvgIpc) is 1.37. The van der Waals surface area contributed by atoms with Gasteiger partial charge in [-0.25, -0.2) is 0 Å². The van der Waals surface area contributed by atoms with Gasteiger partial charge in [0.05, 0.1) is 0 Å². The summed E-state index contributed by atoms with van der Waals surface area (Å²) in [6, 6.07) is 0. The number of nitrogens with two attached hydrogens (primary N) is 2. The van der Waals surface area contributed by atoms with Crippen molar-refractivity contribution in [2.75, 3.05) is 13.1 Å². The average molecular weight is 114 g/mol. The predicted octanol–water partition coefficient (Wildman–Crippen LogP) is -4.38. The summed E-state index contributed by atoms with van der Waals surface area (Å²) < 4.78 is 0. The minimum Gasteiger partial charge on any atom is -0.329 e. The summed E-state index contributed by atoms with van der Waals surface area (Å²) in [6.45, 7) is 1.19. The van der Waals surface area contributed by atoms with Gasteiger partial charge in [-0.3, -0.25) is 0 Å². The van der Waals surface area contributed by atoms with Crippen molar-refractivity contribution in [3.05, 3.63) is 0 Å². The van der Waals surface area contributed by atoms with Gasteiger partial charge in [0.15, 0.2) is 0 Å². The van der Waals surface area contributed by atoms with Crippen molar-refractivity contribution in [3.8, 4) is 0 Å². The van der Waals surface area contributed by atoms with Gasteiger partial charge in [0.1, 0.15) is 0 Å². The maximum absolute atomic E-state index is 4.90. The molecule has 0 aliphatic carbocycles. The zero-order chi connectivity index (χ0) is 3.41. The Morgan fingerprint density at radius 2 is 1.00 bits per heavy atom. The molecule has 0 saturated carbocycles. The van der Waals surface area contributed by atoms with Gasteiger partial charge in [-0.05, 0) is 0 Å². The zero-order valence-electron chi connectivity index (χ0n) is 3.28. The molecular weight excluding hydrogens is 98.0 g/mol. The van der Waals surface area contributed by atoms with Gasteiger partial charge in [0, 0.05) is 13.1 Å². The minimum absolute atomic E-state index is 0. The Balaban J connectivity index is -0.0000000150. The van der Waals surface area contributed by atoms with Crippen LogP contribution in [0.15, 0.2) is 0 Å². The zero-order valence-corrected chi connectivity index (χ0v) is 4.69. The van der Waals surface area contributed by atoms with Crippen LogP contribution in [-0.4, -0.2) is 53.0 Å². The Morgan fingerprint density at radius 1 is 0.857 bits per heavy atom. The fraction of sp³-hybridized carbons (Fsp3) is 1.00. The number of hydrogen-bond donors (Lipinski definition) is 2. The topological polar surface area (TPSA) is 52.0 Å². The normalized spacial score (nSPS) is 4.29. The minimum atomic E-state index is 0. The van der Waals surface area contributed by atoms with Crippen LogP contribution < -0.4 is 11.5 Å². The van der Waals surface area contributed by atoms with Crippen LogP contribution in [0.4, 0.5) is 0 Å². The molecule has 0 aliphatic heterocycles. The first kappa shape index (κ1) is 24.9. The molecule has 0 amide bonds. The first-order valence-electron chi connectivity index (χ1n) is 1.32. The van der Waals surface area contributed by atoms with Crippen molar-refractivity contribution in [1.82, 2.24) is 0 Å². The molecule has 0 heterocycles. The van der Waals surface area contributed by atoms with Gasteiger partial charge in [0.25, 0.3) is 0 Å². The van der Waals surface area contributed by atoms with E-state index in [2.05, 4.69) is 0 Å². The van der Waals surface area contributed by atoms with Crippen LogP contribution in [-0.2, 0) is 0 Å². The van der Waals surface area contributed by atoms with Gasteiger partial charge < -0.3 is 11.5 Å².